The molecule has 2 aliphatic rings. The Bertz CT molecular complexity index is 1350. The van der Waals surface area contributed by atoms with Crippen molar-refractivity contribution in [3.05, 3.63) is 101 Å². The second kappa shape index (κ2) is 10.5. The fraction of sp³-hybridized carbons (Fsp3) is 0.333. The lowest BCUT2D eigenvalue weighted by Gasteiger charge is -2.37. The van der Waals surface area contributed by atoms with Crippen LogP contribution in [0.5, 0.6) is 0 Å². The van der Waals surface area contributed by atoms with Crippen LogP contribution >= 0.6 is 0 Å². The SMILES string of the molecule is CCN(CC)c1ccc([C@@H]2C3=C(CC(C)(C)CC3=O)Nc3ccccc3N2C(=O)Cc2ccccc2)cc1. The number of hydrogen-bond donors (Lipinski definition) is 1. The number of Topliss-reactive ketones (excluding diaryl/α,β-unsaturated/α-hetero) is 1. The van der Waals surface area contributed by atoms with Crippen LogP contribution in [0.25, 0.3) is 0 Å². The van der Waals surface area contributed by atoms with Crippen LogP contribution in [0.1, 0.15) is 57.7 Å². The Labute approximate surface area is 226 Å². The minimum absolute atomic E-state index is 0.0327. The molecular weight excluding hydrogens is 470 g/mol. The largest absolute Gasteiger partial charge is 0.372 e. The third-order valence-corrected chi connectivity index (χ3v) is 7.71. The van der Waals surface area contributed by atoms with E-state index in [1.165, 1.54) is 0 Å². The number of carbonyl (C=O) groups excluding carboxylic acids is 2. The lowest BCUT2D eigenvalue weighted by Crippen LogP contribution is -2.40. The number of nitrogens with one attached hydrogen (secondary N) is 1. The summed E-state index contributed by atoms with van der Waals surface area (Å²) in [5, 5.41) is 3.60. The number of allylic oxidation sites excluding steroid dienone is 1. The van der Waals surface area contributed by atoms with Crippen LogP contribution in [0.4, 0.5) is 17.1 Å². The predicted octanol–water partition coefficient (Wildman–Crippen LogP) is 6.92. The van der Waals surface area contributed by atoms with E-state index in [2.05, 4.69) is 62.2 Å². The smallest absolute Gasteiger partial charge is 0.232 e. The zero-order chi connectivity index (χ0) is 26.9. The Hall–Kier alpha value is -3.86. The molecule has 0 fully saturated rings. The number of carbonyl (C=O) groups is 2. The van der Waals surface area contributed by atoms with Crippen molar-refractivity contribution in [2.45, 2.75) is 53.0 Å². The van der Waals surface area contributed by atoms with E-state index in [1.54, 1.807) is 0 Å². The third kappa shape index (κ3) is 4.98. The van der Waals surface area contributed by atoms with Crippen LogP contribution in [-0.4, -0.2) is 24.8 Å². The van der Waals surface area contributed by atoms with Crippen molar-refractivity contribution in [3.63, 3.8) is 0 Å². The average molecular weight is 508 g/mol. The first-order valence-electron chi connectivity index (χ1n) is 13.6. The van der Waals surface area contributed by atoms with Crippen molar-refractivity contribution in [2.75, 3.05) is 28.2 Å². The summed E-state index contributed by atoms with van der Waals surface area (Å²) >= 11 is 0. The van der Waals surface area contributed by atoms with Gasteiger partial charge >= 0.3 is 0 Å². The molecule has 1 heterocycles. The van der Waals surface area contributed by atoms with E-state index >= 15 is 0 Å². The van der Waals surface area contributed by atoms with E-state index < -0.39 is 6.04 Å². The van der Waals surface area contributed by atoms with Gasteiger partial charge in [-0.2, -0.15) is 0 Å². The summed E-state index contributed by atoms with van der Waals surface area (Å²) < 4.78 is 0. The van der Waals surface area contributed by atoms with Gasteiger partial charge in [0.2, 0.25) is 5.91 Å². The molecule has 5 nitrogen and oxygen atoms in total. The number of fused-ring (bicyclic) bond motifs is 1. The van der Waals surface area contributed by atoms with Gasteiger partial charge in [0.05, 0.1) is 23.8 Å². The third-order valence-electron chi connectivity index (χ3n) is 7.71. The number of amides is 1. The molecule has 5 heteroatoms. The Morgan fingerprint density at radius 1 is 0.921 bits per heavy atom. The Kier molecular flexibility index (Phi) is 7.11. The first kappa shape index (κ1) is 25.8. The van der Waals surface area contributed by atoms with Gasteiger partial charge in [-0.3, -0.25) is 14.5 Å². The van der Waals surface area contributed by atoms with Gasteiger partial charge < -0.3 is 10.2 Å². The van der Waals surface area contributed by atoms with E-state index in [9.17, 15) is 9.59 Å². The highest BCUT2D eigenvalue weighted by molar-refractivity contribution is 6.06. The van der Waals surface area contributed by atoms with Crippen LogP contribution in [0.3, 0.4) is 0 Å². The Morgan fingerprint density at radius 2 is 1.58 bits per heavy atom. The molecular formula is C33H37N3O2. The first-order valence-corrected chi connectivity index (χ1v) is 13.6. The number of para-hydroxylation sites is 2. The molecule has 0 radical (unpaired) electrons. The van der Waals surface area contributed by atoms with Crippen LogP contribution in [0.2, 0.25) is 0 Å². The Morgan fingerprint density at radius 3 is 2.26 bits per heavy atom. The van der Waals surface area contributed by atoms with Crippen molar-refractivity contribution < 1.29 is 9.59 Å². The maximum atomic E-state index is 14.2. The quantitative estimate of drug-likeness (QED) is 0.394. The minimum Gasteiger partial charge on any atom is -0.372 e. The second-order valence-corrected chi connectivity index (χ2v) is 11.1. The normalized spacial score (nSPS) is 18.3. The zero-order valence-electron chi connectivity index (χ0n) is 22.8. The summed E-state index contributed by atoms with van der Waals surface area (Å²) in [5.74, 6) is 0.0709. The van der Waals surface area contributed by atoms with Crippen LogP contribution < -0.4 is 15.1 Å². The molecule has 1 atom stereocenters. The molecule has 0 saturated carbocycles. The number of benzene rings is 3. The molecule has 0 saturated heterocycles. The molecule has 1 aliphatic carbocycles. The van der Waals surface area contributed by atoms with Gasteiger partial charge in [0.1, 0.15) is 0 Å². The number of hydrogen-bond acceptors (Lipinski definition) is 4. The molecule has 1 aliphatic heterocycles. The molecule has 0 unspecified atom stereocenters. The molecule has 1 N–H and O–H groups in total. The van der Waals surface area contributed by atoms with Gasteiger partial charge in [-0.1, -0.05) is 68.4 Å². The first-order chi connectivity index (χ1) is 18.3. The predicted molar refractivity (Wildman–Crippen MR) is 155 cm³/mol. The van der Waals surface area contributed by atoms with E-state index in [0.29, 0.717) is 12.0 Å². The van der Waals surface area contributed by atoms with E-state index in [1.807, 2.05) is 59.5 Å². The van der Waals surface area contributed by atoms with Crippen LogP contribution in [0, 0.1) is 5.41 Å². The van der Waals surface area contributed by atoms with Gasteiger partial charge in [-0.25, -0.2) is 0 Å². The van der Waals surface area contributed by atoms with E-state index in [0.717, 1.165) is 53.4 Å². The summed E-state index contributed by atoms with van der Waals surface area (Å²) in [5.41, 5.74) is 6.16. The van der Waals surface area contributed by atoms with Gasteiger partial charge in [0.15, 0.2) is 5.78 Å². The molecule has 196 valence electrons. The molecule has 3 aromatic rings. The van der Waals surface area contributed by atoms with E-state index in [-0.39, 0.29) is 23.5 Å². The van der Waals surface area contributed by atoms with E-state index in [4.69, 9.17) is 0 Å². The molecule has 5 rings (SSSR count). The summed E-state index contributed by atoms with van der Waals surface area (Å²) in [7, 11) is 0. The summed E-state index contributed by atoms with van der Waals surface area (Å²) in [6.45, 7) is 10.4. The van der Waals surface area contributed by atoms with Gasteiger partial charge in [-0.05, 0) is 61.1 Å². The minimum atomic E-state index is -0.508. The summed E-state index contributed by atoms with van der Waals surface area (Å²) in [6.07, 6.45) is 1.46. The van der Waals surface area contributed by atoms with Crippen molar-refractivity contribution in [2.24, 2.45) is 5.41 Å². The lowest BCUT2D eigenvalue weighted by atomic mass is 9.73. The Balaban J connectivity index is 1.69. The fourth-order valence-electron chi connectivity index (χ4n) is 5.89. The van der Waals surface area contributed by atoms with Crippen molar-refractivity contribution in [3.8, 4) is 0 Å². The standard InChI is InChI=1S/C33H37N3O2/c1-5-35(6-2)25-18-16-24(17-19-25)32-31-27(21-33(3,4)22-29(31)37)34-26-14-10-11-15-28(26)36(32)30(38)20-23-12-8-7-9-13-23/h7-19,32,34H,5-6,20-22H2,1-4H3/t32-/m1/s1. The highest BCUT2D eigenvalue weighted by atomic mass is 16.2. The maximum absolute atomic E-state index is 14.2. The molecule has 38 heavy (non-hydrogen) atoms. The molecule has 1 amide bonds. The van der Waals surface area contributed by atoms with Crippen LogP contribution in [0.15, 0.2) is 90.1 Å². The zero-order valence-corrected chi connectivity index (χ0v) is 22.8. The second-order valence-electron chi connectivity index (χ2n) is 11.1. The molecule has 0 aromatic heterocycles. The lowest BCUT2D eigenvalue weighted by molar-refractivity contribution is -0.119. The number of rotatable bonds is 6. The van der Waals surface area contributed by atoms with Crippen molar-refractivity contribution in [1.82, 2.24) is 0 Å². The topological polar surface area (TPSA) is 52.7 Å². The molecule has 0 spiro atoms. The maximum Gasteiger partial charge on any atom is 0.232 e. The van der Waals surface area contributed by atoms with Crippen molar-refractivity contribution >= 4 is 28.8 Å². The number of anilines is 3. The van der Waals surface area contributed by atoms with Gasteiger partial charge in [0.25, 0.3) is 0 Å². The average Bonchev–Trinajstić information content (AvgIpc) is 3.04. The number of ketones is 1. The molecule has 3 aromatic carbocycles. The van der Waals surface area contributed by atoms with Gasteiger partial charge in [-0.15, -0.1) is 0 Å². The highest BCUT2D eigenvalue weighted by Crippen LogP contribution is 2.48. The van der Waals surface area contributed by atoms with Crippen molar-refractivity contribution in [1.29, 1.82) is 0 Å². The summed E-state index contributed by atoms with van der Waals surface area (Å²) in [4.78, 5) is 32.2. The number of nitrogens with zero attached hydrogens (tertiary/aromatic N) is 2. The van der Waals surface area contributed by atoms with Crippen LogP contribution in [-0.2, 0) is 16.0 Å². The molecule has 0 bridgehead atoms. The fourth-order valence-corrected chi connectivity index (χ4v) is 5.89. The highest BCUT2D eigenvalue weighted by Gasteiger charge is 2.43. The monoisotopic (exact) mass is 507 g/mol. The van der Waals surface area contributed by atoms with Gasteiger partial charge in [0, 0.05) is 36.5 Å². The summed E-state index contributed by atoms with van der Waals surface area (Å²) in [6, 6.07) is 25.6.